The van der Waals surface area contributed by atoms with Gasteiger partial charge in [0.2, 0.25) is 0 Å². The number of rotatable bonds is 6. The van der Waals surface area contributed by atoms with Crippen molar-refractivity contribution in [2.24, 2.45) is 0 Å². The molecule has 0 fully saturated rings. The molecule has 0 unspecified atom stereocenters. The number of carbonyl (C=O) groups is 1. The minimum atomic E-state index is -1.63. The number of aliphatic carboxylic acids is 1. The van der Waals surface area contributed by atoms with E-state index in [1.165, 1.54) is 0 Å². The first-order valence-corrected chi connectivity index (χ1v) is 6.42. The third-order valence-corrected chi connectivity index (χ3v) is 3.29. The summed E-state index contributed by atoms with van der Waals surface area (Å²) in [4.78, 5) is 13.0. The highest BCUT2D eigenvalue weighted by atomic mass is 16.4. The van der Waals surface area contributed by atoms with Crippen LogP contribution in [0, 0.1) is 22.7 Å². The highest BCUT2D eigenvalue weighted by molar-refractivity contribution is 5.71. The first-order chi connectivity index (χ1) is 9.52. The van der Waals surface area contributed by atoms with Gasteiger partial charge in [-0.1, -0.05) is 12.1 Å². The Hall–Kier alpha value is -2.53. The molecule has 0 heterocycles. The van der Waals surface area contributed by atoms with Crippen LogP contribution in [-0.4, -0.2) is 24.2 Å². The summed E-state index contributed by atoms with van der Waals surface area (Å²) in [6, 6.07) is 10.6. The molecule has 0 amide bonds. The summed E-state index contributed by atoms with van der Waals surface area (Å²) in [7, 11) is 0. The van der Waals surface area contributed by atoms with Gasteiger partial charge in [-0.15, -0.1) is 0 Å². The fourth-order valence-electron chi connectivity index (χ4n) is 2.11. The molecule has 0 aliphatic carbocycles. The Morgan fingerprint density at radius 1 is 1.20 bits per heavy atom. The van der Waals surface area contributed by atoms with Crippen LogP contribution in [0.3, 0.4) is 0 Å². The minimum absolute atomic E-state index is 0.417. The van der Waals surface area contributed by atoms with Crippen molar-refractivity contribution in [3.05, 3.63) is 29.8 Å². The molecule has 0 aromatic heterocycles. The molecule has 20 heavy (non-hydrogen) atoms. The van der Waals surface area contributed by atoms with Crippen molar-refractivity contribution in [2.45, 2.75) is 25.7 Å². The van der Waals surface area contributed by atoms with Gasteiger partial charge in [0.15, 0.2) is 5.41 Å². The number of nitrogens with zero attached hydrogens (tertiary/aromatic N) is 3. The van der Waals surface area contributed by atoms with Gasteiger partial charge in [0.05, 0.1) is 18.6 Å². The van der Waals surface area contributed by atoms with Crippen molar-refractivity contribution in [1.29, 1.82) is 10.5 Å². The third-order valence-electron chi connectivity index (χ3n) is 3.29. The highest BCUT2D eigenvalue weighted by Gasteiger charge is 2.35. The van der Waals surface area contributed by atoms with Crippen LogP contribution in [0.2, 0.25) is 0 Å². The molecular formula is C15H17N3O2. The largest absolute Gasteiger partial charge is 0.481 e. The van der Waals surface area contributed by atoms with Crippen LogP contribution < -0.4 is 4.90 Å². The maximum Gasteiger partial charge on any atom is 0.306 e. The minimum Gasteiger partial charge on any atom is -0.481 e. The third kappa shape index (κ3) is 3.07. The number of anilines is 1. The molecule has 104 valence electrons. The highest BCUT2D eigenvalue weighted by Crippen LogP contribution is 2.28. The molecule has 1 rings (SSSR count). The van der Waals surface area contributed by atoms with Crippen LogP contribution in [0.4, 0.5) is 5.69 Å². The Balaban J connectivity index is 3.16. The van der Waals surface area contributed by atoms with Gasteiger partial charge in [0, 0.05) is 18.8 Å². The second-order valence-corrected chi connectivity index (χ2v) is 4.42. The lowest BCUT2D eigenvalue weighted by Gasteiger charge is -2.22. The van der Waals surface area contributed by atoms with Gasteiger partial charge in [0.1, 0.15) is 0 Å². The maximum atomic E-state index is 10.9. The summed E-state index contributed by atoms with van der Waals surface area (Å²) in [5.41, 5.74) is -0.229. The van der Waals surface area contributed by atoms with Gasteiger partial charge in [-0.2, -0.15) is 10.5 Å². The number of hydrogen-bond donors (Lipinski definition) is 1. The van der Waals surface area contributed by atoms with E-state index < -0.39 is 17.8 Å². The summed E-state index contributed by atoms with van der Waals surface area (Å²) < 4.78 is 0. The Morgan fingerprint density at radius 2 is 1.70 bits per heavy atom. The van der Waals surface area contributed by atoms with E-state index in [0.717, 1.165) is 18.8 Å². The zero-order valence-electron chi connectivity index (χ0n) is 11.6. The topological polar surface area (TPSA) is 88.1 Å². The summed E-state index contributed by atoms with van der Waals surface area (Å²) >= 11 is 0. The van der Waals surface area contributed by atoms with E-state index in [4.69, 9.17) is 5.11 Å². The van der Waals surface area contributed by atoms with Gasteiger partial charge in [-0.3, -0.25) is 4.79 Å². The Labute approximate surface area is 118 Å². The molecule has 0 spiro atoms. The van der Waals surface area contributed by atoms with Crippen LogP contribution in [0.1, 0.15) is 25.8 Å². The van der Waals surface area contributed by atoms with E-state index in [-0.39, 0.29) is 0 Å². The molecule has 1 aromatic rings. The molecule has 0 atom stereocenters. The lowest BCUT2D eigenvalue weighted by atomic mass is 9.80. The lowest BCUT2D eigenvalue weighted by molar-refractivity contribution is -0.137. The average molecular weight is 271 g/mol. The molecule has 0 radical (unpaired) electrons. The van der Waals surface area contributed by atoms with Gasteiger partial charge >= 0.3 is 5.97 Å². The van der Waals surface area contributed by atoms with E-state index in [1.807, 2.05) is 38.1 Å². The maximum absolute atomic E-state index is 10.9. The molecule has 1 aromatic carbocycles. The second kappa shape index (κ2) is 6.58. The van der Waals surface area contributed by atoms with Crippen molar-refractivity contribution in [3.8, 4) is 12.1 Å². The van der Waals surface area contributed by atoms with E-state index in [0.29, 0.717) is 5.56 Å². The summed E-state index contributed by atoms with van der Waals surface area (Å²) in [6.07, 6.45) is -0.523. The summed E-state index contributed by atoms with van der Waals surface area (Å²) in [5.74, 6) is -1.17. The van der Waals surface area contributed by atoms with Crippen LogP contribution in [0.15, 0.2) is 24.3 Å². The molecule has 0 aliphatic heterocycles. The molecular weight excluding hydrogens is 254 g/mol. The zero-order chi connectivity index (χ0) is 15.2. The average Bonchev–Trinajstić information content (AvgIpc) is 2.46. The number of benzene rings is 1. The molecule has 0 bridgehead atoms. The number of carboxylic acids is 1. The first kappa shape index (κ1) is 15.5. The molecule has 5 heteroatoms. The van der Waals surface area contributed by atoms with E-state index in [9.17, 15) is 15.3 Å². The zero-order valence-corrected chi connectivity index (χ0v) is 11.6. The first-order valence-electron chi connectivity index (χ1n) is 6.42. The monoisotopic (exact) mass is 271 g/mol. The molecule has 0 saturated heterocycles. The molecule has 1 N–H and O–H groups in total. The van der Waals surface area contributed by atoms with Crippen molar-refractivity contribution in [1.82, 2.24) is 0 Å². The molecule has 0 saturated carbocycles. The summed E-state index contributed by atoms with van der Waals surface area (Å²) in [5, 5.41) is 27.3. The van der Waals surface area contributed by atoms with Crippen LogP contribution >= 0.6 is 0 Å². The van der Waals surface area contributed by atoms with Gasteiger partial charge < -0.3 is 10.0 Å². The van der Waals surface area contributed by atoms with Crippen molar-refractivity contribution >= 4 is 11.7 Å². The van der Waals surface area contributed by atoms with Gasteiger partial charge in [-0.25, -0.2) is 0 Å². The fourth-order valence-corrected chi connectivity index (χ4v) is 2.11. The Bertz CT molecular complexity index is 534. The van der Waals surface area contributed by atoms with Gasteiger partial charge in [0.25, 0.3) is 0 Å². The van der Waals surface area contributed by atoms with Crippen molar-refractivity contribution in [3.63, 3.8) is 0 Å². The predicted octanol–water partition coefficient (Wildman–Crippen LogP) is 2.29. The number of nitriles is 2. The molecule has 0 aliphatic rings. The Morgan fingerprint density at radius 3 is 2.05 bits per heavy atom. The quantitative estimate of drug-likeness (QED) is 0.857. The lowest BCUT2D eigenvalue weighted by Crippen LogP contribution is -2.26. The normalized spacial score (nSPS) is 10.4. The van der Waals surface area contributed by atoms with Crippen molar-refractivity contribution in [2.75, 3.05) is 18.0 Å². The SMILES string of the molecule is CCN(CC)c1ccc(C(C#N)(C#N)CC(=O)O)cc1. The fraction of sp³-hybridized carbons (Fsp3) is 0.400. The smallest absolute Gasteiger partial charge is 0.306 e. The standard InChI is InChI=1S/C15H17N3O2/c1-3-18(4-2)13-7-5-12(6-8-13)15(10-16,11-17)9-14(19)20/h5-8H,3-4,9H2,1-2H3,(H,19,20). The number of hydrogen-bond acceptors (Lipinski definition) is 4. The van der Waals surface area contributed by atoms with E-state index in [2.05, 4.69) is 4.90 Å². The summed E-state index contributed by atoms with van der Waals surface area (Å²) in [6.45, 7) is 5.78. The molecule has 5 nitrogen and oxygen atoms in total. The van der Waals surface area contributed by atoms with Crippen LogP contribution in [0.25, 0.3) is 0 Å². The number of carboxylic acid groups (broad SMARTS) is 1. The predicted molar refractivity (Wildman–Crippen MR) is 75.2 cm³/mol. The van der Waals surface area contributed by atoms with E-state index in [1.54, 1.807) is 12.1 Å². The van der Waals surface area contributed by atoms with Crippen LogP contribution in [-0.2, 0) is 10.2 Å². The second-order valence-electron chi connectivity index (χ2n) is 4.42. The Kier molecular flexibility index (Phi) is 5.11. The van der Waals surface area contributed by atoms with Gasteiger partial charge in [-0.05, 0) is 31.5 Å². The van der Waals surface area contributed by atoms with Crippen LogP contribution in [0.5, 0.6) is 0 Å². The van der Waals surface area contributed by atoms with E-state index >= 15 is 0 Å². The van der Waals surface area contributed by atoms with Crippen molar-refractivity contribution < 1.29 is 9.90 Å².